The van der Waals surface area contributed by atoms with Crippen molar-refractivity contribution >= 4 is 38.8 Å². The molecule has 0 saturated heterocycles. The molecule has 1 atom stereocenters. The van der Waals surface area contributed by atoms with E-state index in [-0.39, 0.29) is 5.41 Å². The van der Waals surface area contributed by atoms with Gasteiger partial charge in [-0.1, -0.05) is 63.6 Å². The van der Waals surface area contributed by atoms with Gasteiger partial charge in [-0.25, -0.2) is 0 Å². The molecular weight excluding hydrogens is 500 g/mol. The van der Waals surface area contributed by atoms with Crippen molar-refractivity contribution in [2.75, 3.05) is 0 Å². The molecular formula is C37H30N4. The van der Waals surface area contributed by atoms with Gasteiger partial charge in [0.25, 0.3) is 0 Å². The first-order valence-electron chi connectivity index (χ1n) is 14.1. The summed E-state index contributed by atoms with van der Waals surface area (Å²) < 4.78 is 4.69. The summed E-state index contributed by atoms with van der Waals surface area (Å²) in [6.07, 6.45) is 3.38. The van der Waals surface area contributed by atoms with Gasteiger partial charge >= 0.3 is 0 Å². The van der Waals surface area contributed by atoms with Gasteiger partial charge in [0.2, 0.25) is 0 Å². The molecule has 2 heterocycles. The number of nitriles is 2. The van der Waals surface area contributed by atoms with Gasteiger partial charge in [0.15, 0.2) is 0 Å². The normalized spacial score (nSPS) is 15.1. The number of hydrogen-bond donors (Lipinski definition) is 0. The predicted octanol–water partition coefficient (Wildman–Crippen LogP) is 9.41. The zero-order valence-electron chi connectivity index (χ0n) is 23.7. The van der Waals surface area contributed by atoms with Crippen molar-refractivity contribution in [1.82, 2.24) is 9.13 Å². The van der Waals surface area contributed by atoms with Crippen LogP contribution in [0.5, 0.6) is 0 Å². The number of nitrogens with zero attached hydrogens (tertiary/aromatic N) is 4. The molecule has 1 unspecified atom stereocenters. The summed E-state index contributed by atoms with van der Waals surface area (Å²) in [6, 6.07) is 33.7. The Balaban J connectivity index is 1.51. The van der Waals surface area contributed by atoms with Gasteiger partial charge < -0.3 is 9.13 Å². The number of allylic oxidation sites excluding steroid dienone is 1. The number of fused-ring (bicyclic) bond motifs is 6. The van der Waals surface area contributed by atoms with E-state index in [1.54, 1.807) is 0 Å². The molecule has 4 heteroatoms. The highest BCUT2D eigenvalue weighted by Crippen LogP contribution is 2.46. The van der Waals surface area contributed by atoms with E-state index in [0.717, 1.165) is 50.5 Å². The van der Waals surface area contributed by atoms with Gasteiger partial charge in [-0.05, 0) is 72.5 Å². The van der Waals surface area contributed by atoms with Crippen LogP contribution in [-0.2, 0) is 0 Å². The molecule has 0 radical (unpaired) electrons. The molecule has 0 amide bonds. The lowest BCUT2D eigenvalue weighted by molar-refractivity contribution is 0.468. The monoisotopic (exact) mass is 530 g/mol. The number of benzene rings is 4. The summed E-state index contributed by atoms with van der Waals surface area (Å²) in [5, 5.41) is 22.6. The van der Waals surface area contributed by atoms with Crippen LogP contribution in [0.15, 0.2) is 90.5 Å². The zero-order valence-corrected chi connectivity index (χ0v) is 23.7. The minimum atomic E-state index is 0.0784. The Morgan fingerprint density at radius 2 is 1.29 bits per heavy atom. The second-order valence-electron chi connectivity index (χ2n) is 12.2. The van der Waals surface area contributed by atoms with E-state index in [0.29, 0.717) is 17.0 Å². The lowest BCUT2D eigenvalue weighted by atomic mass is 9.76. The molecule has 0 spiro atoms. The van der Waals surface area contributed by atoms with Gasteiger partial charge in [0, 0.05) is 44.7 Å². The summed E-state index contributed by atoms with van der Waals surface area (Å²) in [4.78, 5) is 0. The Morgan fingerprint density at radius 1 is 0.683 bits per heavy atom. The van der Waals surface area contributed by atoms with Crippen LogP contribution in [0, 0.1) is 28.1 Å². The van der Waals surface area contributed by atoms with Crippen molar-refractivity contribution in [2.24, 2.45) is 5.41 Å². The lowest BCUT2D eigenvalue weighted by Crippen LogP contribution is -2.17. The van der Waals surface area contributed by atoms with E-state index in [4.69, 9.17) is 0 Å². The third-order valence-corrected chi connectivity index (χ3v) is 8.60. The van der Waals surface area contributed by atoms with Crippen LogP contribution in [0.3, 0.4) is 0 Å². The lowest BCUT2D eigenvalue weighted by Gasteiger charge is -2.30. The first-order chi connectivity index (χ1) is 19.8. The number of aromatic nitrogens is 2. The average Bonchev–Trinajstić information content (AvgIpc) is 3.49. The van der Waals surface area contributed by atoms with Gasteiger partial charge in [0.1, 0.15) is 0 Å². The van der Waals surface area contributed by atoms with Gasteiger partial charge in [-0.2, -0.15) is 10.5 Å². The zero-order chi connectivity index (χ0) is 28.5. The van der Waals surface area contributed by atoms with Crippen molar-refractivity contribution in [1.29, 1.82) is 10.5 Å². The number of rotatable bonds is 2. The maximum absolute atomic E-state index is 9.71. The fraction of sp³-hybridized carbons (Fsp3) is 0.189. The predicted molar refractivity (Wildman–Crippen MR) is 168 cm³/mol. The van der Waals surface area contributed by atoms with Crippen LogP contribution >= 0.6 is 0 Å². The summed E-state index contributed by atoms with van der Waals surface area (Å²) in [7, 11) is 0. The molecule has 0 saturated carbocycles. The molecule has 0 bridgehead atoms. The molecule has 198 valence electrons. The molecule has 6 aromatic rings. The van der Waals surface area contributed by atoms with Gasteiger partial charge in [-0.3, -0.25) is 0 Å². The highest BCUT2D eigenvalue weighted by molar-refractivity contribution is 6.09. The summed E-state index contributed by atoms with van der Waals surface area (Å²) in [6.45, 7) is 9.17. The topological polar surface area (TPSA) is 57.4 Å². The molecule has 2 aromatic heterocycles. The van der Waals surface area contributed by atoms with Crippen LogP contribution in [-0.4, -0.2) is 9.13 Å². The fourth-order valence-corrected chi connectivity index (χ4v) is 6.59. The molecule has 0 fully saturated rings. The van der Waals surface area contributed by atoms with Crippen molar-refractivity contribution in [3.05, 3.63) is 113 Å². The maximum atomic E-state index is 9.71. The third-order valence-electron chi connectivity index (χ3n) is 8.60. The molecule has 1 aliphatic carbocycles. The number of para-hydroxylation sites is 1. The highest BCUT2D eigenvalue weighted by Gasteiger charge is 2.30. The van der Waals surface area contributed by atoms with Gasteiger partial charge in [-0.15, -0.1) is 0 Å². The van der Waals surface area contributed by atoms with Gasteiger partial charge in [0.05, 0.1) is 39.8 Å². The minimum absolute atomic E-state index is 0.0784. The molecule has 0 N–H and O–H groups in total. The summed E-state index contributed by atoms with van der Waals surface area (Å²) >= 11 is 0. The van der Waals surface area contributed by atoms with Crippen LogP contribution in [0.1, 0.15) is 62.4 Å². The summed E-state index contributed by atoms with van der Waals surface area (Å²) in [5.74, 6) is 0.323. The second-order valence-corrected chi connectivity index (χ2v) is 12.2. The minimum Gasteiger partial charge on any atom is -0.313 e. The van der Waals surface area contributed by atoms with Crippen LogP contribution in [0.25, 0.3) is 50.2 Å². The van der Waals surface area contributed by atoms with Crippen molar-refractivity contribution in [3.8, 4) is 23.5 Å². The maximum Gasteiger partial charge on any atom is 0.0991 e. The Labute approximate surface area is 240 Å². The first-order valence-corrected chi connectivity index (χ1v) is 14.1. The summed E-state index contributed by atoms with van der Waals surface area (Å²) in [5.41, 5.74) is 10.8. The molecule has 0 aliphatic heterocycles. The molecule has 41 heavy (non-hydrogen) atoms. The van der Waals surface area contributed by atoms with Crippen LogP contribution in [0.4, 0.5) is 0 Å². The quantitative estimate of drug-likeness (QED) is 0.224. The molecule has 7 rings (SSSR count). The Kier molecular flexibility index (Phi) is 5.46. The van der Waals surface area contributed by atoms with E-state index in [2.05, 4.69) is 116 Å². The van der Waals surface area contributed by atoms with Crippen molar-refractivity contribution in [3.63, 3.8) is 0 Å². The van der Waals surface area contributed by atoms with Crippen molar-refractivity contribution < 1.29 is 0 Å². The molecule has 4 nitrogen and oxygen atoms in total. The smallest absolute Gasteiger partial charge is 0.0991 e. The SMILES string of the molecule is CC1CC(C(C)(C)C)=Cc2c1n(-c1cccc(-n3c4ccccc4c4cc(C#N)ccc43)c1)c1ccc(C#N)cc21. The standard InChI is InChI=1S/C37H30N4/c1-23-16-26(37(2,3)4)19-32-31-18-25(22-39)13-15-35(31)41(36(23)32)28-9-7-8-27(20-28)40-33-11-6-5-10-29(33)30-17-24(21-38)12-14-34(30)40/h5-15,17-20,23H,16H2,1-4H3. The van der Waals surface area contributed by atoms with Crippen LogP contribution < -0.4 is 0 Å². The van der Waals surface area contributed by atoms with E-state index in [9.17, 15) is 10.5 Å². The van der Waals surface area contributed by atoms with E-state index >= 15 is 0 Å². The largest absolute Gasteiger partial charge is 0.313 e. The fourth-order valence-electron chi connectivity index (χ4n) is 6.59. The Hall–Kier alpha value is -5.06. The average molecular weight is 531 g/mol. The highest BCUT2D eigenvalue weighted by atomic mass is 15.0. The third kappa shape index (κ3) is 3.80. The second kappa shape index (κ2) is 8.98. The number of hydrogen-bond acceptors (Lipinski definition) is 2. The first kappa shape index (κ1) is 24.9. The van der Waals surface area contributed by atoms with E-state index < -0.39 is 0 Å². The Bertz CT molecular complexity index is 2150. The van der Waals surface area contributed by atoms with Crippen molar-refractivity contribution in [2.45, 2.75) is 40.0 Å². The van der Waals surface area contributed by atoms with E-state index in [1.165, 1.54) is 16.8 Å². The molecule has 4 aromatic carbocycles. The van der Waals surface area contributed by atoms with E-state index in [1.807, 2.05) is 24.3 Å². The Morgan fingerprint density at radius 3 is 1.98 bits per heavy atom. The van der Waals surface area contributed by atoms with Crippen LogP contribution in [0.2, 0.25) is 0 Å². The molecule has 1 aliphatic rings.